The van der Waals surface area contributed by atoms with Gasteiger partial charge in [0.05, 0.1) is 5.69 Å². The summed E-state index contributed by atoms with van der Waals surface area (Å²) in [6, 6.07) is 25.8. The number of amides is 2. The van der Waals surface area contributed by atoms with Crippen LogP contribution in [0.5, 0.6) is 0 Å². The average Bonchev–Trinajstić information content (AvgIpc) is 3.46. The van der Waals surface area contributed by atoms with Crippen molar-refractivity contribution in [2.75, 3.05) is 5.01 Å². The van der Waals surface area contributed by atoms with E-state index in [0.29, 0.717) is 12.8 Å². The molecule has 3 aliphatic rings. The topological polar surface area (TPSA) is 40.6 Å². The average molecular weight is 394 g/mol. The van der Waals surface area contributed by atoms with Crippen LogP contribution in [-0.2, 0) is 9.59 Å². The van der Waals surface area contributed by atoms with Crippen LogP contribution in [0.15, 0.2) is 78.9 Å². The van der Waals surface area contributed by atoms with Crippen molar-refractivity contribution < 1.29 is 9.59 Å². The molecule has 0 radical (unpaired) electrons. The van der Waals surface area contributed by atoms with Gasteiger partial charge >= 0.3 is 0 Å². The van der Waals surface area contributed by atoms with Crippen LogP contribution < -0.4 is 5.01 Å². The second kappa shape index (κ2) is 6.30. The van der Waals surface area contributed by atoms with Gasteiger partial charge in [-0.2, -0.15) is 0 Å². The van der Waals surface area contributed by atoms with Gasteiger partial charge in [0.15, 0.2) is 0 Å². The fraction of sp³-hybridized carbons (Fsp3) is 0.231. The highest BCUT2D eigenvalue weighted by Crippen LogP contribution is 2.54. The minimum atomic E-state index is -0.914. The molecule has 0 atom stereocenters. The van der Waals surface area contributed by atoms with Gasteiger partial charge in [-0.3, -0.25) is 9.59 Å². The molecule has 2 amide bonds. The molecule has 1 aliphatic heterocycles. The van der Waals surface area contributed by atoms with Crippen LogP contribution in [0, 0.1) is 5.41 Å². The summed E-state index contributed by atoms with van der Waals surface area (Å²) in [5.41, 5.74) is 4.27. The molecule has 2 fully saturated rings. The Balaban J connectivity index is 1.59. The van der Waals surface area contributed by atoms with E-state index in [9.17, 15) is 9.59 Å². The maximum absolute atomic E-state index is 14.0. The number of benzene rings is 3. The second-order valence-electron chi connectivity index (χ2n) is 8.47. The van der Waals surface area contributed by atoms with E-state index in [1.165, 1.54) is 0 Å². The standard InChI is InChI=1S/C26H22N2O2/c29-24-26(16-8-9-17-26)25(30)28(27(24)18-10-2-1-3-11-18)23-21-14-6-4-12-19(21)20-13-5-7-15-22(20)23/h1-7,10-15,23H,8-9,16-17H2. The smallest absolute Gasteiger partial charge is 0.261 e. The van der Waals surface area contributed by atoms with Crippen molar-refractivity contribution in [2.45, 2.75) is 31.7 Å². The first-order valence-electron chi connectivity index (χ1n) is 10.6. The van der Waals surface area contributed by atoms with Crippen molar-refractivity contribution in [3.63, 3.8) is 0 Å². The van der Waals surface area contributed by atoms with Crippen molar-refractivity contribution in [2.24, 2.45) is 5.41 Å². The first-order valence-corrected chi connectivity index (χ1v) is 10.6. The van der Waals surface area contributed by atoms with Gasteiger partial charge in [0, 0.05) is 0 Å². The third-order valence-corrected chi connectivity index (χ3v) is 6.94. The minimum absolute atomic E-state index is 0.0506. The number of fused-ring (bicyclic) bond motifs is 3. The molecule has 0 bridgehead atoms. The molecule has 6 rings (SSSR count). The number of nitrogens with zero attached hydrogens (tertiary/aromatic N) is 2. The van der Waals surface area contributed by atoms with Gasteiger partial charge in [-0.25, -0.2) is 10.0 Å². The van der Waals surface area contributed by atoms with Gasteiger partial charge in [-0.15, -0.1) is 0 Å². The van der Waals surface area contributed by atoms with Crippen molar-refractivity contribution in [1.29, 1.82) is 0 Å². The van der Waals surface area contributed by atoms with Gasteiger partial charge in [0.2, 0.25) is 0 Å². The zero-order valence-corrected chi connectivity index (χ0v) is 16.6. The summed E-state index contributed by atoms with van der Waals surface area (Å²) in [7, 11) is 0. The van der Waals surface area contributed by atoms with Crippen molar-refractivity contribution >= 4 is 17.5 Å². The normalized spacial score (nSPS) is 19.6. The zero-order chi connectivity index (χ0) is 20.3. The molecule has 0 aromatic heterocycles. The van der Waals surface area contributed by atoms with Crippen LogP contribution in [0.2, 0.25) is 0 Å². The summed E-state index contributed by atoms with van der Waals surface area (Å²) in [6.45, 7) is 0. The number of carbonyl (C=O) groups excluding carboxylic acids is 2. The minimum Gasteiger partial charge on any atom is -0.272 e. The van der Waals surface area contributed by atoms with Gasteiger partial charge in [-0.05, 0) is 47.2 Å². The van der Waals surface area contributed by atoms with E-state index in [-0.39, 0.29) is 17.9 Å². The quantitative estimate of drug-likeness (QED) is 0.567. The molecule has 3 aromatic rings. The molecule has 148 valence electrons. The fourth-order valence-corrected chi connectivity index (χ4v) is 5.54. The lowest BCUT2D eigenvalue weighted by Gasteiger charge is -2.34. The Morgan fingerprint density at radius 2 is 1.20 bits per heavy atom. The highest BCUT2D eigenvalue weighted by Gasteiger charge is 2.62. The maximum atomic E-state index is 14.0. The molecule has 4 nitrogen and oxygen atoms in total. The first-order chi connectivity index (χ1) is 14.7. The van der Waals surface area contributed by atoms with Crippen LogP contribution >= 0.6 is 0 Å². The number of anilines is 1. The lowest BCUT2D eigenvalue weighted by Crippen LogP contribution is -2.43. The zero-order valence-electron chi connectivity index (χ0n) is 16.6. The number of hydrogen-bond donors (Lipinski definition) is 0. The third kappa shape index (κ3) is 2.16. The number of hydrogen-bond acceptors (Lipinski definition) is 2. The first kappa shape index (κ1) is 17.5. The van der Waals surface area contributed by atoms with E-state index >= 15 is 0 Å². The molecule has 2 aliphatic carbocycles. The van der Waals surface area contributed by atoms with E-state index < -0.39 is 5.41 Å². The Bertz CT molecular complexity index is 1120. The predicted molar refractivity (Wildman–Crippen MR) is 115 cm³/mol. The van der Waals surface area contributed by atoms with Gasteiger partial charge < -0.3 is 0 Å². The molecule has 1 heterocycles. The van der Waals surface area contributed by atoms with Crippen LogP contribution in [0.4, 0.5) is 5.69 Å². The number of para-hydroxylation sites is 1. The van der Waals surface area contributed by atoms with Crippen LogP contribution in [-0.4, -0.2) is 16.8 Å². The molecule has 0 unspecified atom stereocenters. The molecule has 1 saturated carbocycles. The summed E-state index contributed by atoms with van der Waals surface area (Å²) in [6.07, 6.45) is 3.12. The summed E-state index contributed by atoms with van der Waals surface area (Å²) >= 11 is 0. The van der Waals surface area contributed by atoms with Crippen molar-refractivity contribution in [3.8, 4) is 11.1 Å². The highest BCUT2D eigenvalue weighted by molar-refractivity contribution is 6.18. The fourth-order valence-electron chi connectivity index (χ4n) is 5.54. The van der Waals surface area contributed by atoms with Gasteiger partial charge in [-0.1, -0.05) is 79.6 Å². The molecular weight excluding hydrogens is 372 g/mol. The third-order valence-electron chi connectivity index (χ3n) is 6.94. The summed E-state index contributed by atoms with van der Waals surface area (Å²) < 4.78 is 0. The maximum Gasteiger partial charge on any atom is 0.261 e. The summed E-state index contributed by atoms with van der Waals surface area (Å²) in [5, 5.41) is 3.42. The molecule has 4 heteroatoms. The van der Waals surface area contributed by atoms with Crippen molar-refractivity contribution in [1.82, 2.24) is 5.01 Å². The monoisotopic (exact) mass is 394 g/mol. The Labute approximate surface area is 175 Å². The van der Waals surface area contributed by atoms with E-state index in [1.54, 1.807) is 10.0 Å². The van der Waals surface area contributed by atoms with E-state index in [1.807, 2.05) is 54.6 Å². The van der Waals surface area contributed by atoms with Crippen LogP contribution in [0.3, 0.4) is 0 Å². The Morgan fingerprint density at radius 1 is 0.667 bits per heavy atom. The summed E-state index contributed by atoms with van der Waals surface area (Å²) in [5.74, 6) is -0.122. The number of hydrazine groups is 1. The van der Waals surface area contributed by atoms with Gasteiger partial charge in [0.1, 0.15) is 11.5 Å². The highest BCUT2D eigenvalue weighted by atomic mass is 16.2. The predicted octanol–water partition coefficient (Wildman–Crippen LogP) is 5.11. The van der Waals surface area contributed by atoms with E-state index in [2.05, 4.69) is 24.3 Å². The second-order valence-corrected chi connectivity index (χ2v) is 8.47. The molecule has 1 saturated heterocycles. The number of rotatable bonds is 2. The largest absolute Gasteiger partial charge is 0.272 e. The lowest BCUT2D eigenvalue weighted by molar-refractivity contribution is -0.139. The molecule has 30 heavy (non-hydrogen) atoms. The molecular formula is C26H22N2O2. The lowest BCUT2D eigenvalue weighted by atomic mass is 9.85. The Kier molecular flexibility index (Phi) is 3.66. The van der Waals surface area contributed by atoms with Crippen LogP contribution in [0.1, 0.15) is 42.9 Å². The molecule has 0 N–H and O–H groups in total. The van der Waals surface area contributed by atoms with E-state index in [4.69, 9.17) is 0 Å². The van der Waals surface area contributed by atoms with Crippen molar-refractivity contribution in [3.05, 3.63) is 90.0 Å². The Hall–Kier alpha value is -3.40. The van der Waals surface area contributed by atoms with Gasteiger partial charge in [0.25, 0.3) is 11.8 Å². The number of carbonyl (C=O) groups is 2. The summed E-state index contributed by atoms with van der Waals surface area (Å²) in [4.78, 5) is 27.8. The molecule has 1 spiro atoms. The SMILES string of the molecule is O=C1N(c2ccccc2)N(C2c3ccccc3-c3ccccc32)C(=O)C12CCCC2. The van der Waals surface area contributed by atoms with Crippen LogP contribution in [0.25, 0.3) is 11.1 Å². The molecule has 3 aromatic carbocycles. The van der Waals surface area contributed by atoms with E-state index in [0.717, 1.165) is 40.8 Å². The Morgan fingerprint density at radius 3 is 1.80 bits per heavy atom.